The number of ether oxygens (including phenoxy) is 2. The zero-order valence-electron chi connectivity index (χ0n) is 21.1. The van der Waals surface area contributed by atoms with Crippen LogP contribution in [0.15, 0.2) is 102 Å². The Hall–Kier alpha value is -3.23. The molecule has 2 saturated heterocycles. The van der Waals surface area contributed by atoms with Crippen molar-refractivity contribution in [3.05, 3.63) is 113 Å². The molecule has 0 bridgehead atoms. The molecule has 3 aromatic carbocycles. The van der Waals surface area contributed by atoms with Crippen LogP contribution in [0.4, 0.5) is 5.69 Å². The van der Waals surface area contributed by atoms with Crippen LogP contribution in [0.25, 0.3) is 5.57 Å². The monoisotopic (exact) mass is 542 g/mol. The van der Waals surface area contributed by atoms with Crippen molar-refractivity contribution in [3.8, 4) is 5.75 Å². The Balaban J connectivity index is 1.25. The number of morpholine rings is 1. The number of hydrogen-bond acceptors (Lipinski definition) is 6. The molecule has 194 valence electrons. The fourth-order valence-corrected chi connectivity index (χ4v) is 5.69. The molecule has 3 aromatic rings. The van der Waals surface area contributed by atoms with E-state index in [9.17, 15) is 4.79 Å². The Labute approximate surface area is 233 Å². The van der Waals surface area contributed by atoms with Crippen molar-refractivity contribution in [2.75, 3.05) is 44.4 Å². The van der Waals surface area contributed by atoms with Gasteiger partial charge in [0.05, 0.1) is 30.4 Å². The van der Waals surface area contributed by atoms with Crippen molar-refractivity contribution >= 4 is 45.5 Å². The second-order valence-corrected chi connectivity index (χ2v) is 10.7. The Morgan fingerprint density at radius 2 is 1.55 bits per heavy atom. The van der Waals surface area contributed by atoms with Gasteiger partial charge < -0.3 is 9.47 Å². The molecule has 0 spiro atoms. The highest BCUT2D eigenvalue weighted by atomic mass is 32.2. The largest absolute Gasteiger partial charge is 0.494 e. The van der Waals surface area contributed by atoms with Crippen LogP contribution in [0, 0.1) is 0 Å². The summed E-state index contributed by atoms with van der Waals surface area (Å²) in [7, 11) is 0. The fraction of sp³-hybridized carbons (Fsp3) is 0.226. The number of carbonyl (C=O) groups excluding carboxylic acids is 1. The summed E-state index contributed by atoms with van der Waals surface area (Å²) in [6, 6.07) is 27.9. The predicted octanol–water partition coefficient (Wildman–Crippen LogP) is 6.17. The predicted molar refractivity (Wildman–Crippen MR) is 160 cm³/mol. The van der Waals surface area contributed by atoms with Gasteiger partial charge in [-0.05, 0) is 53.5 Å². The maximum atomic E-state index is 13.3. The van der Waals surface area contributed by atoms with Gasteiger partial charge in [-0.25, -0.2) is 0 Å². The van der Waals surface area contributed by atoms with E-state index in [1.54, 1.807) is 4.90 Å². The van der Waals surface area contributed by atoms with E-state index in [4.69, 9.17) is 21.7 Å². The average molecular weight is 543 g/mol. The molecule has 0 aliphatic carbocycles. The molecule has 0 N–H and O–H groups in total. The van der Waals surface area contributed by atoms with Gasteiger partial charge >= 0.3 is 0 Å². The number of allylic oxidation sites excluding steroid dienone is 2. The van der Waals surface area contributed by atoms with E-state index >= 15 is 0 Å². The van der Waals surface area contributed by atoms with Crippen LogP contribution < -0.4 is 9.64 Å². The number of carbonyl (C=O) groups is 1. The van der Waals surface area contributed by atoms with E-state index in [0.717, 1.165) is 67.4 Å². The smallest absolute Gasteiger partial charge is 0.270 e. The highest BCUT2D eigenvalue weighted by Gasteiger charge is 2.33. The van der Waals surface area contributed by atoms with E-state index in [2.05, 4.69) is 29.2 Å². The summed E-state index contributed by atoms with van der Waals surface area (Å²) in [5.74, 6) is 0.672. The zero-order chi connectivity index (χ0) is 26.2. The standard InChI is InChI=1S/C31H30N2O3S2/c34-30-29(17-16-28(24-8-3-1-4-9-24)25-10-5-2-6-11-25)38-31(37)33(30)26-12-14-27(15-13-26)36-21-7-18-32-19-22-35-23-20-32/h1-6,8-17H,7,18-23H2. The van der Waals surface area contributed by atoms with Gasteiger partial charge in [-0.2, -0.15) is 0 Å². The van der Waals surface area contributed by atoms with E-state index in [1.165, 1.54) is 11.8 Å². The highest BCUT2D eigenvalue weighted by molar-refractivity contribution is 8.27. The van der Waals surface area contributed by atoms with E-state index in [1.807, 2.05) is 72.8 Å². The van der Waals surface area contributed by atoms with Crippen LogP contribution in [0.3, 0.4) is 0 Å². The van der Waals surface area contributed by atoms with Gasteiger partial charge in [-0.3, -0.25) is 14.6 Å². The Morgan fingerprint density at radius 3 is 2.18 bits per heavy atom. The van der Waals surface area contributed by atoms with Gasteiger partial charge in [0.25, 0.3) is 5.91 Å². The molecule has 0 radical (unpaired) electrons. The van der Waals surface area contributed by atoms with Crippen LogP contribution in [-0.4, -0.2) is 54.6 Å². The number of nitrogens with zero attached hydrogens (tertiary/aromatic N) is 2. The Bertz CT molecular complexity index is 1260. The first kappa shape index (κ1) is 26.4. The SMILES string of the molecule is O=C1C(=CC=C(c2ccccc2)c2ccccc2)SC(=S)N1c1ccc(OCCCN2CCOCC2)cc1. The Morgan fingerprint density at radius 1 is 0.921 bits per heavy atom. The van der Waals surface area contributed by atoms with Gasteiger partial charge in [0.2, 0.25) is 0 Å². The molecular weight excluding hydrogens is 512 g/mol. The molecule has 0 atom stereocenters. The normalized spacial score (nSPS) is 17.2. The second-order valence-electron chi connectivity index (χ2n) is 9.00. The van der Waals surface area contributed by atoms with Crippen LogP contribution in [0.5, 0.6) is 5.75 Å². The first-order valence-corrected chi connectivity index (χ1v) is 14.0. The lowest BCUT2D eigenvalue weighted by atomic mass is 9.97. The van der Waals surface area contributed by atoms with E-state index in [0.29, 0.717) is 15.8 Å². The molecular formula is C31H30N2O3S2. The van der Waals surface area contributed by atoms with Crippen molar-refractivity contribution in [2.24, 2.45) is 0 Å². The maximum Gasteiger partial charge on any atom is 0.270 e. The molecule has 0 aromatic heterocycles. The summed E-state index contributed by atoms with van der Waals surface area (Å²) in [4.78, 5) is 17.9. The fourth-order valence-electron chi connectivity index (χ4n) is 4.45. The number of thioether (sulfide) groups is 1. The van der Waals surface area contributed by atoms with Crippen LogP contribution >= 0.6 is 24.0 Å². The zero-order valence-corrected chi connectivity index (χ0v) is 22.8. The van der Waals surface area contributed by atoms with Crippen molar-refractivity contribution in [1.82, 2.24) is 4.90 Å². The molecule has 1 amide bonds. The number of amides is 1. The first-order valence-electron chi connectivity index (χ1n) is 12.8. The second kappa shape index (κ2) is 13.0. The molecule has 2 aliphatic rings. The van der Waals surface area contributed by atoms with Gasteiger partial charge in [0.15, 0.2) is 4.32 Å². The van der Waals surface area contributed by atoms with Crippen molar-refractivity contribution in [1.29, 1.82) is 0 Å². The third-order valence-corrected chi connectivity index (χ3v) is 7.77. The van der Waals surface area contributed by atoms with Crippen LogP contribution in [0.1, 0.15) is 17.5 Å². The summed E-state index contributed by atoms with van der Waals surface area (Å²) in [5, 5.41) is 0. The minimum atomic E-state index is -0.115. The highest BCUT2D eigenvalue weighted by Crippen LogP contribution is 2.36. The molecule has 5 nitrogen and oxygen atoms in total. The summed E-state index contributed by atoms with van der Waals surface area (Å²) in [6.45, 7) is 5.26. The van der Waals surface area contributed by atoms with Gasteiger partial charge in [0, 0.05) is 19.6 Å². The van der Waals surface area contributed by atoms with Gasteiger partial charge in [0.1, 0.15) is 5.75 Å². The minimum absolute atomic E-state index is 0.115. The molecule has 5 rings (SSSR count). The van der Waals surface area contributed by atoms with Gasteiger partial charge in [-0.15, -0.1) is 0 Å². The van der Waals surface area contributed by atoms with Crippen LogP contribution in [-0.2, 0) is 9.53 Å². The minimum Gasteiger partial charge on any atom is -0.494 e. The van der Waals surface area contributed by atoms with Crippen molar-refractivity contribution in [3.63, 3.8) is 0 Å². The molecule has 0 unspecified atom stereocenters. The third kappa shape index (κ3) is 6.60. The third-order valence-electron chi connectivity index (χ3n) is 6.45. The van der Waals surface area contributed by atoms with Crippen molar-refractivity contribution in [2.45, 2.75) is 6.42 Å². The number of thiocarbonyl (C=S) groups is 1. The molecule has 2 fully saturated rings. The molecule has 0 saturated carbocycles. The maximum absolute atomic E-state index is 13.3. The summed E-state index contributed by atoms with van der Waals surface area (Å²) in [6.07, 6.45) is 4.84. The number of rotatable bonds is 9. The van der Waals surface area contributed by atoms with E-state index in [-0.39, 0.29) is 5.91 Å². The number of hydrogen-bond donors (Lipinski definition) is 0. The topological polar surface area (TPSA) is 42.0 Å². The first-order chi connectivity index (χ1) is 18.7. The summed E-state index contributed by atoms with van der Waals surface area (Å²) < 4.78 is 11.8. The lowest BCUT2D eigenvalue weighted by Crippen LogP contribution is -2.37. The van der Waals surface area contributed by atoms with Crippen molar-refractivity contribution < 1.29 is 14.3 Å². The molecule has 2 aliphatic heterocycles. The summed E-state index contributed by atoms with van der Waals surface area (Å²) >= 11 is 6.91. The van der Waals surface area contributed by atoms with Crippen LogP contribution in [0.2, 0.25) is 0 Å². The molecule has 7 heteroatoms. The molecule has 2 heterocycles. The molecule has 38 heavy (non-hydrogen) atoms. The number of anilines is 1. The lowest BCUT2D eigenvalue weighted by molar-refractivity contribution is -0.113. The quantitative estimate of drug-likeness (QED) is 0.183. The lowest BCUT2D eigenvalue weighted by Gasteiger charge is -2.26. The average Bonchev–Trinajstić information content (AvgIpc) is 3.25. The van der Waals surface area contributed by atoms with Gasteiger partial charge in [-0.1, -0.05) is 90.7 Å². The summed E-state index contributed by atoms with van der Waals surface area (Å²) in [5.41, 5.74) is 3.97. The number of benzene rings is 3. The Kier molecular flexibility index (Phi) is 9.04. The van der Waals surface area contributed by atoms with E-state index < -0.39 is 0 Å².